The number of thiophene rings is 1. The van der Waals surface area contributed by atoms with Crippen molar-refractivity contribution in [2.75, 3.05) is 31.5 Å². The van der Waals surface area contributed by atoms with Gasteiger partial charge in [0.25, 0.3) is 0 Å². The molecule has 4 rings (SSSR count). The molecule has 2 aromatic heterocycles. The first kappa shape index (κ1) is 16.9. The number of nitrogens with one attached hydrogen (secondary N) is 1. The van der Waals surface area contributed by atoms with Gasteiger partial charge in [-0.1, -0.05) is 30.3 Å². The van der Waals surface area contributed by atoms with Crippen molar-refractivity contribution < 1.29 is 4.79 Å². The SMILES string of the molecule is O=C(Nc1sccc1-n1cccc1)N1CCN(Cc2ccccc2)CC1. The quantitative estimate of drug-likeness (QED) is 0.761. The van der Waals surface area contributed by atoms with Gasteiger partial charge in [0, 0.05) is 45.1 Å². The standard InChI is InChI=1S/C20H22N4OS/c25-20(21-19-18(8-15-26-19)23-9-4-5-10-23)24-13-11-22(12-14-24)16-17-6-2-1-3-7-17/h1-10,15H,11-14,16H2,(H,21,25). The highest BCUT2D eigenvalue weighted by molar-refractivity contribution is 7.14. The second-order valence-electron chi connectivity index (χ2n) is 6.40. The molecule has 2 amide bonds. The molecule has 1 N–H and O–H groups in total. The summed E-state index contributed by atoms with van der Waals surface area (Å²) >= 11 is 1.55. The van der Waals surface area contributed by atoms with Gasteiger partial charge in [0.1, 0.15) is 5.00 Å². The fraction of sp³-hybridized carbons (Fsp3) is 0.250. The Hall–Kier alpha value is -2.57. The number of nitrogens with zero attached hydrogens (tertiary/aromatic N) is 3. The number of hydrogen-bond donors (Lipinski definition) is 1. The van der Waals surface area contributed by atoms with E-state index in [2.05, 4.69) is 34.5 Å². The van der Waals surface area contributed by atoms with Crippen molar-refractivity contribution in [3.05, 3.63) is 71.9 Å². The van der Waals surface area contributed by atoms with Gasteiger partial charge in [0.15, 0.2) is 0 Å². The Morgan fingerprint density at radius 3 is 2.42 bits per heavy atom. The molecule has 0 unspecified atom stereocenters. The Kier molecular flexibility index (Phi) is 5.04. The highest BCUT2D eigenvalue weighted by Gasteiger charge is 2.22. The van der Waals surface area contributed by atoms with E-state index in [4.69, 9.17) is 0 Å². The van der Waals surface area contributed by atoms with Gasteiger partial charge in [-0.15, -0.1) is 11.3 Å². The van der Waals surface area contributed by atoms with Crippen LogP contribution in [-0.2, 0) is 6.54 Å². The van der Waals surface area contributed by atoms with E-state index in [9.17, 15) is 4.79 Å². The van der Waals surface area contributed by atoms with Crippen LogP contribution in [0.5, 0.6) is 0 Å². The molecule has 0 atom stereocenters. The van der Waals surface area contributed by atoms with Gasteiger partial charge in [0.2, 0.25) is 0 Å². The minimum atomic E-state index is -0.0137. The fourth-order valence-electron chi connectivity index (χ4n) is 3.22. The molecule has 0 spiro atoms. The molecule has 0 aliphatic carbocycles. The number of aromatic nitrogens is 1. The van der Waals surface area contributed by atoms with Crippen LogP contribution in [-0.4, -0.2) is 46.6 Å². The Bertz CT molecular complexity index is 836. The molecule has 6 heteroatoms. The molecule has 3 heterocycles. The first-order valence-corrected chi connectivity index (χ1v) is 9.70. The van der Waals surface area contributed by atoms with Gasteiger partial charge >= 0.3 is 6.03 Å². The van der Waals surface area contributed by atoms with E-state index >= 15 is 0 Å². The Morgan fingerprint density at radius 2 is 1.69 bits per heavy atom. The summed E-state index contributed by atoms with van der Waals surface area (Å²) < 4.78 is 2.02. The van der Waals surface area contributed by atoms with E-state index in [-0.39, 0.29) is 6.03 Å². The van der Waals surface area contributed by atoms with Crippen molar-refractivity contribution in [1.82, 2.24) is 14.4 Å². The third-order valence-electron chi connectivity index (χ3n) is 4.66. The maximum atomic E-state index is 12.6. The van der Waals surface area contributed by atoms with E-state index in [1.165, 1.54) is 5.56 Å². The average molecular weight is 366 g/mol. The van der Waals surface area contributed by atoms with Crippen molar-refractivity contribution in [1.29, 1.82) is 0 Å². The number of rotatable bonds is 4. The molecule has 26 heavy (non-hydrogen) atoms. The number of anilines is 1. The first-order chi connectivity index (χ1) is 12.8. The summed E-state index contributed by atoms with van der Waals surface area (Å²) in [6, 6.07) is 16.5. The predicted octanol–water partition coefficient (Wildman–Crippen LogP) is 3.89. The molecule has 1 aliphatic heterocycles. The van der Waals surface area contributed by atoms with E-state index in [0.717, 1.165) is 43.4 Å². The molecule has 0 bridgehead atoms. The molecule has 1 aliphatic rings. The van der Waals surface area contributed by atoms with Crippen LogP contribution in [0.1, 0.15) is 5.56 Å². The number of piperazine rings is 1. The summed E-state index contributed by atoms with van der Waals surface area (Å²) in [6.07, 6.45) is 3.97. The van der Waals surface area contributed by atoms with Gasteiger partial charge in [-0.3, -0.25) is 10.2 Å². The summed E-state index contributed by atoms with van der Waals surface area (Å²) in [6.45, 7) is 4.25. The zero-order valence-electron chi connectivity index (χ0n) is 14.5. The normalized spacial score (nSPS) is 15.2. The average Bonchev–Trinajstić information content (AvgIpc) is 3.34. The molecule has 1 fully saturated rings. The molecule has 1 saturated heterocycles. The lowest BCUT2D eigenvalue weighted by molar-refractivity contribution is 0.143. The van der Waals surface area contributed by atoms with Crippen LogP contribution in [0.25, 0.3) is 5.69 Å². The number of urea groups is 1. The van der Waals surface area contributed by atoms with E-state index in [1.807, 2.05) is 51.5 Å². The van der Waals surface area contributed by atoms with Crippen molar-refractivity contribution in [3.63, 3.8) is 0 Å². The van der Waals surface area contributed by atoms with Crippen LogP contribution in [0.3, 0.4) is 0 Å². The highest BCUT2D eigenvalue weighted by Crippen LogP contribution is 2.27. The molecule has 0 radical (unpaired) electrons. The predicted molar refractivity (Wildman–Crippen MR) is 106 cm³/mol. The monoisotopic (exact) mass is 366 g/mol. The zero-order chi connectivity index (χ0) is 17.8. The van der Waals surface area contributed by atoms with Crippen molar-refractivity contribution >= 4 is 22.4 Å². The second-order valence-corrected chi connectivity index (χ2v) is 7.32. The number of carbonyl (C=O) groups excluding carboxylic acids is 1. The van der Waals surface area contributed by atoms with Crippen molar-refractivity contribution in [2.24, 2.45) is 0 Å². The second kappa shape index (κ2) is 7.76. The minimum Gasteiger partial charge on any atom is -0.322 e. The number of hydrogen-bond acceptors (Lipinski definition) is 3. The maximum Gasteiger partial charge on any atom is 0.322 e. The third kappa shape index (κ3) is 3.81. The fourth-order valence-corrected chi connectivity index (χ4v) is 3.99. The van der Waals surface area contributed by atoms with E-state index in [0.29, 0.717) is 0 Å². The first-order valence-electron chi connectivity index (χ1n) is 8.82. The van der Waals surface area contributed by atoms with Crippen molar-refractivity contribution in [3.8, 4) is 5.69 Å². The number of benzene rings is 1. The number of carbonyl (C=O) groups is 1. The molecule has 0 saturated carbocycles. The lowest BCUT2D eigenvalue weighted by Crippen LogP contribution is -2.49. The summed E-state index contributed by atoms with van der Waals surface area (Å²) in [4.78, 5) is 16.9. The topological polar surface area (TPSA) is 40.5 Å². The van der Waals surface area contributed by atoms with Crippen LogP contribution in [0, 0.1) is 0 Å². The number of amides is 2. The smallest absolute Gasteiger partial charge is 0.322 e. The van der Waals surface area contributed by atoms with Gasteiger partial charge in [-0.05, 0) is 29.1 Å². The Morgan fingerprint density at radius 1 is 0.962 bits per heavy atom. The molecular weight excluding hydrogens is 344 g/mol. The zero-order valence-corrected chi connectivity index (χ0v) is 15.4. The third-order valence-corrected chi connectivity index (χ3v) is 5.48. The van der Waals surface area contributed by atoms with Crippen LogP contribution < -0.4 is 5.32 Å². The van der Waals surface area contributed by atoms with Crippen LogP contribution in [0.4, 0.5) is 9.80 Å². The molecular formula is C20H22N4OS. The van der Waals surface area contributed by atoms with E-state index < -0.39 is 0 Å². The van der Waals surface area contributed by atoms with Gasteiger partial charge in [-0.2, -0.15) is 0 Å². The van der Waals surface area contributed by atoms with Gasteiger partial charge < -0.3 is 9.47 Å². The molecule has 3 aromatic rings. The Labute approximate surface area is 157 Å². The molecule has 5 nitrogen and oxygen atoms in total. The lowest BCUT2D eigenvalue weighted by atomic mass is 10.2. The van der Waals surface area contributed by atoms with Crippen LogP contribution >= 0.6 is 11.3 Å². The molecule has 1 aromatic carbocycles. The van der Waals surface area contributed by atoms with Gasteiger partial charge in [0.05, 0.1) is 5.69 Å². The van der Waals surface area contributed by atoms with Crippen LogP contribution in [0.2, 0.25) is 0 Å². The van der Waals surface area contributed by atoms with Crippen LogP contribution in [0.15, 0.2) is 66.3 Å². The lowest BCUT2D eigenvalue weighted by Gasteiger charge is -2.34. The summed E-state index contributed by atoms with van der Waals surface area (Å²) in [5.74, 6) is 0. The van der Waals surface area contributed by atoms with E-state index in [1.54, 1.807) is 11.3 Å². The Balaban J connectivity index is 1.32. The minimum absolute atomic E-state index is 0.0137. The molecule has 134 valence electrons. The highest BCUT2D eigenvalue weighted by atomic mass is 32.1. The summed E-state index contributed by atoms with van der Waals surface area (Å²) in [5, 5.41) is 5.97. The maximum absolute atomic E-state index is 12.6. The van der Waals surface area contributed by atoms with Gasteiger partial charge in [-0.25, -0.2) is 4.79 Å². The summed E-state index contributed by atoms with van der Waals surface area (Å²) in [5.41, 5.74) is 2.33. The largest absolute Gasteiger partial charge is 0.322 e. The summed E-state index contributed by atoms with van der Waals surface area (Å²) in [7, 11) is 0. The van der Waals surface area contributed by atoms with Crippen molar-refractivity contribution in [2.45, 2.75) is 6.54 Å².